The van der Waals surface area contributed by atoms with Crippen LogP contribution in [0.3, 0.4) is 0 Å². The maximum absolute atomic E-state index is 11.2. The molecule has 2 aromatic rings. The van der Waals surface area contributed by atoms with E-state index in [2.05, 4.69) is 0 Å². The molecule has 1 heterocycles. The van der Waals surface area contributed by atoms with Gasteiger partial charge in [-0.2, -0.15) is 0 Å². The van der Waals surface area contributed by atoms with Crippen LogP contribution in [0.5, 0.6) is 5.75 Å². The molecule has 4 nitrogen and oxygen atoms in total. The normalized spacial score (nSPS) is 10.4. The molecule has 2 rings (SSSR count). The molecule has 0 unspecified atom stereocenters. The van der Waals surface area contributed by atoms with Crippen LogP contribution in [0.4, 0.5) is 0 Å². The highest BCUT2D eigenvalue weighted by Crippen LogP contribution is 2.27. The average molecular weight is 217 g/mol. The highest BCUT2D eigenvalue weighted by Gasteiger charge is 2.14. The number of hydrogen-bond donors (Lipinski definition) is 0. The van der Waals surface area contributed by atoms with Crippen molar-refractivity contribution in [1.82, 2.24) is 4.57 Å². The topological polar surface area (TPSA) is 48.3 Å². The van der Waals surface area contributed by atoms with Gasteiger partial charge in [0.1, 0.15) is 0 Å². The predicted molar refractivity (Wildman–Crippen MR) is 59.2 cm³/mol. The molecule has 0 aliphatic heterocycles. The molecule has 4 heteroatoms. The van der Waals surface area contributed by atoms with Crippen LogP contribution in [0.1, 0.15) is 6.92 Å². The Kier molecular flexibility index (Phi) is 2.48. The third kappa shape index (κ3) is 1.69. The first-order valence-corrected chi connectivity index (χ1v) is 4.86. The summed E-state index contributed by atoms with van der Waals surface area (Å²) in [4.78, 5) is 22.0. The van der Waals surface area contributed by atoms with Crippen molar-refractivity contribution in [3.8, 4) is 5.75 Å². The number of esters is 1. The minimum atomic E-state index is -0.837. The van der Waals surface area contributed by atoms with Crippen molar-refractivity contribution < 1.29 is 14.3 Å². The molecule has 0 amide bonds. The summed E-state index contributed by atoms with van der Waals surface area (Å²) >= 11 is 0. The van der Waals surface area contributed by atoms with Gasteiger partial charge in [-0.3, -0.25) is 4.79 Å². The summed E-state index contributed by atoms with van der Waals surface area (Å²) in [5, 5.41) is 0.819. The summed E-state index contributed by atoms with van der Waals surface area (Å²) in [6, 6.07) is 7.52. The number of rotatable bonds is 2. The third-order valence-corrected chi connectivity index (χ3v) is 2.35. The monoisotopic (exact) mass is 217 g/mol. The van der Waals surface area contributed by atoms with Crippen LogP contribution in [-0.2, 0) is 16.6 Å². The molecule has 0 fully saturated rings. The zero-order chi connectivity index (χ0) is 11.7. The standard InChI is InChI=1S/C12H11NO3/c1-8(14)12(15)16-11-7-13(2)10-6-4-3-5-9(10)11/h3-7H,1-2H3. The minimum absolute atomic E-state index is 0.415. The molecular weight excluding hydrogens is 206 g/mol. The second-order valence-electron chi connectivity index (χ2n) is 3.57. The van der Waals surface area contributed by atoms with Crippen LogP contribution >= 0.6 is 0 Å². The number of hydrogen-bond acceptors (Lipinski definition) is 3. The lowest BCUT2D eigenvalue weighted by Crippen LogP contribution is -2.16. The average Bonchev–Trinajstić information content (AvgIpc) is 2.57. The Morgan fingerprint density at radius 2 is 1.94 bits per heavy atom. The van der Waals surface area contributed by atoms with Crippen molar-refractivity contribution in [2.45, 2.75) is 6.92 Å². The van der Waals surface area contributed by atoms with E-state index in [0.717, 1.165) is 10.9 Å². The number of benzene rings is 1. The maximum atomic E-state index is 11.2. The third-order valence-electron chi connectivity index (χ3n) is 2.35. The second kappa shape index (κ2) is 3.81. The SMILES string of the molecule is CC(=O)C(=O)Oc1cn(C)c2ccccc12. The van der Waals surface area contributed by atoms with Crippen LogP contribution in [-0.4, -0.2) is 16.3 Å². The maximum Gasteiger partial charge on any atom is 0.379 e. The molecule has 0 aliphatic rings. The summed E-state index contributed by atoms with van der Waals surface area (Å²) in [7, 11) is 1.85. The molecule has 1 aromatic carbocycles. The molecule has 0 saturated heterocycles. The largest absolute Gasteiger partial charge is 0.419 e. The Bertz CT molecular complexity index is 569. The summed E-state index contributed by atoms with van der Waals surface area (Å²) in [6.45, 7) is 1.19. The zero-order valence-electron chi connectivity index (χ0n) is 9.06. The van der Waals surface area contributed by atoms with E-state index in [-0.39, 0.29) is 0 Å². The number of ketones is 1. The highest BCUT2D eigenvalue weighted by atomic mass is 16.5. The van der Waals surface area contributed by atoms with E-state index in [1.165, 1.54) is 6.92 Å². The van der Waals surface area contributed by atoms with E-state index in [1.807, 2.05) is 35.9 Å². The van der Waals surface area contributed by atoms with Gasteiger partial charge in [0.05, 0.1) is 5.52 Å². The fourth-order valence-corrected chi connectivity index (χ4v) is 1.56. The minimum Gasteiger partial charge on any atom is -0.419 e. The number of aromatic nitrogens is 1. The van der Waals surface area contributed by atoms with Crippen molar-refractivity contribution in [1.29, 1.82) is 0 Å². The van der Waals surface area contributed by atoms with Gasteiger partial charge in [0, 0.05) is 25.6 Å². The van der Waals surface area contributed by atoms with E-state index in [0.29, 0.717) is 5.75 Å². The van der Waals surface area contributed by atoms with Gasteiger partial charge >= 0.3 is 5.97 Å². The van der Waals surface area contributed by atoms with Gasteiger partial charge in [-0.15, -0.1) is 0 Å². The van der Waals surface area contributed by atoms with E-state index < -0.39 is 11.8 Å². The molecule has 0 atom stereocenters. The molecule has 1 aromatic heterocycles. The summed E-state index contributed by atoms with van der Waals surface area (Å²) in [5.41, 5.74) is 0.953. The fraction of sp³-hybridized carbons (Fsp3) is 0.167. The Morgan fingerprint density at radius 3 is 2.62 bits per heavy atom. The molecule has 0 N–H and O–H groups in total. The van der Waals surface area contributed by atoms with E-state index in [4.69, 9.17) is 4.74 Å². The summed E-state index contributed by atoms with van der Waals surface area (Å²) in [5.74, 6) is -1.03. The number of para-hydroxylation sites is 1. The second-order valence-corrected chi connectivity index (χ2v) is 3.57. The molecule has 0 spiro atoms. The number of aryl methyl sites for hydroxylation is 1. The number of carbonyl (C=O) groups is 2. The van der Waals surface area contributed by atoms with Gasteiger partial charge in [-0.25, -0.2) is 4.79 Å². The molecule has 16 heavy (non-hydrogen) atoms. The van der Waals surface area contributed by atoms with Crippen molar-refractivity contribution in [3.63, 3.8) is 0 Å². The van der Waals surface area contributed by atoms with Crippen LogP contribution < -0.4 is 4.74 Å². The van der Waals surface area contributed by atoms with Crippen LogP contribution in [0.2, 0.25) is 0 Å². The number of carbonyl (C=O) groups excluding carboxylic acids is 2. The zero-order valence-corrected chi connectivity index (χ0v) is 9.06. The van der Waals surface area contributed by atoms with E-state index in [9.17, 15) is 9.59 Å². The summed E-state index contributed by atoms with van der Waals surface area (Å²) in [6.07, 6.45) is 1.69. The molecule has 0 radical (unpaired) electrons. The van der Waals surface area contributed by atoms with Crippen LogP contribution in [0, 0.1) is 0 Å². The Hall–Kier alpha value is -2.10. The molecule has 0 bridgehead atoms. The van der Waals surface area contributed by atoms with Gasteiger partial charge in [-0.05, 0) is 12.1 Å². The number of Topliss-reactive ketones (excluding diaryl/α,β-unsaturated/α-hetero) is 1. The van der Waals surface area contributed by atoms with Gasteiger partial charge in [-0.1, -0.05) is 12.1 Å². The van der Waals surface area contributed by atoms with E-state index >= 15 is 0 Å². The molecule has 82 valence electrons. The lowest BCUT2D eigenvalue weighted by atomic mass is 10.2. The number of nitrogens with zero attached hydrogens (tertiary/aromatic N) is 1. The van der Waals surface area contributed by atoms with Crippen molar-refractivity contribution in [3.05, 3.63) is 30.5 Å². The highest BCUT2D eigenvalue weighted by molar-refractivity contribution is 6.33. The number of ether oxygens (including phenoxy) is 1. The Morgan fingerprint density at radius 1 is 1.25 bits per heavy atom. The van der Waals surface area contributed by atoms with Gasteiger partial charge < -0.3 is 9.30 Å². The lowest BCUT2D eigenvalue weighted by molar-refractivity contribution is -0.145. The first-order valence-electron chi connectivity index (χ1n) is 4.86. The first-order chi connectivity index (χ1) is 7.59. The fourth-order valence-electron chi connectivity index (χ4n) is 1.56. The predicted octanol–water partition coefficient (Wildman–Crippen LogP) is 1.67. The summed E-state index contributed by atoms with van der Waals surface area (Å²) < 4.78 is 6.85. The Labute approximate surface area is 92.4 Å². The van der Waals surface area contributed by atoms with Gasteiger partial charge in [0.15, 0.2) is 5.75 Å². The lowest BCUT2D eigenvalue weighted by Gasteiger charge is -1.98. The molecule has 0 aliphatic carbocycles. The van der Waals surface area contributed by atoms with E-state index in [1.54, 1.807) is 6.20 Å². The van der Waals surface area contributed by atoms with Gasteiger partial charge in [0.25, 0.3) is 0 Å². The Balaban J connectivity index is 2.46. The quantitative estimate of drug-likeness (QED) is 0.568. The van der Waals surface area contributed by atoms with Crippen LogP contribution in [0.25, 0.3) is 10.9 Å². The molecular formula is C12H11NO3. The number of fused-ring (bicyclic) bond motifs is 1. The van der Waals surface area contributed by atoms with Crippen LogP contribution in [0.15, 0.2) is 30.5 Å². The van der Waals surface area contributed by atoms with Crippen molar-refractivity contribution in [2.24, 2.45) is 7.05 Å². The smallest absolute Gasteiger partial charge is 0.379 e. The first kappa shape index (κ1) is 10.4. The molecule has 0 saturated carbocycles. The van der Waals surface area contributed by atoms with Crippen molar-refractivity contribution >= 4 is 22.7 Å². The van der Waals surface area contributed by atoms with Crippen molar-refractivity contribution in [2.75, 3.05) is 0 Å². The van der Waals surface area contributed by atoms with Gasteiger partial charge in [0.2, 0.25) is 5.78 Å².